The van der Waals surface area contributed by atoms with E-state index in [0.29, 0.717) is 16.7 Å². The molecule has 0 atom stereocenters. The van der Waals surface area contributed by atoms with Crippen LogP contribution in [0.5, 0.6) is 0 Å². The van der Waals surface area contributed by atoms with Gasteiger partial charge in [0.1, 0.15) is 5.82 Å². The number of thioether (sulfide) groups is 1. The van der Waals surface area contributed by atoms with Crippen LogP contribution in [0, 0.1) is 0 Å². The maximum Gasteiger partial charge on any atom is 0.251 e. The van der Waals surface area contributed by atoms with E-state index in [4.69, 9.17) is 5.73 Å². The Labute approximate surface area is 115 Å². The van der Waals surface area contributed by atoms with Crippen molar-refractivity contribution in [1.82, 2.24) is 15.0 Å². The van der Waals surface area contributed by atoms with E-state index in [1.165, 1.54) is 11.8 Å². The molecule has 2 rings (SSSR count). The molecule has 0 aliphatic carbocycles. The van der Waals surface area contributed by atoms with Gasteiger partial charge in [-0.25, -0.2) is 9.97 Å². The molecular weight excluding hydrogens is 260 g/mol. The van der Waals surface area contributed by atoms with E-state index >= 15 is 0 Å². The van der Waals surface area contributed by atoms with Crippen LogP contribution in [0.15, 0.2) is 34.3 Å². The summed E-state index contributed by atoms with van der Waals surface area (Å²) >= 11 is 1.49. The Morgan fingerprint density at radius 1 is 1.42 bits per heavy atom. The summed E-state index contributed by atoms with van der Waals surface area (Å²) in [5.74, 6) is 1.21. The highest BCUT2D eigenvalue weighted by molar-refractivity contribution is 7.98. The minimum absolute atomic E-state index is 0.101. The Kier molecular flexibility index (Phi) is 4.57. The lowest BCUT2D eigenvalue weighted by Crippen LogP contribution is -2.09. The predicted octanol–water partition coefficient (Wildman–Crippen LogP) is 1.99. The van der Waals surface area contributed by atoms with Crippen LogP contribution in [-0.2, 0) is 12.2 Å². The smallest absolute Gasteiger partial charge is 0.251 e. The Morgan fingerprint density at radius 2 is 2.26 bits per heavy atom. The normalized spacial score (nSPS) is 10.6. The fourth-order valence-electron chi connectivity index (χ4n) is 1.61. The summed E-state index contributed by atoms with van der Waals surface area (Å²) in [5.41, 5.74) is 7.31. The lowest BCUT2D eigenvalue weighted by atomic mass is 10.2. The van der Waals surface area contributed by atoms with Gasteiger partial charge in [0.2, 0.25) is 0 Å². The molecule has 0 saturated carbocycles. The zero-order chi connectivity index (χ0) is 13.7. The molecule has 0 aliphatic rings. The number of hydrogen-bond donors (Lipinski definition) is 2. The zero-order valence-corrected chi connectivity index (χ0v) is 11.5. The second-order valence-corrected chi connectivity index (χ2v) is 5.14. The molecule has 0 radical (unpaired) electrons. The third kappa shape index (κ3) is 4.10. The molecule has 0 aromatic carbocycles. The van der Waals surface area contributed by atoms with Gasteiger partial charge in [-0.3, -0.25) is 4.79 Å². The summed E-state index contributed by atoms with van der Waals surface area (Å²) in [6.07, 6.45) is 3.53. The van der Waals surface area contributed by atoms with Gasteiger partial charge < -0.3 is 10.7 Å². The minimum atomic E-state index is -0.101. The van der Waals surface area contributed by atoms with Crippen molar-refractivity contribution in [3.8, 4) is 0 Å². The molecule has 0 amide bonds. The molecule has 19 heavy (non-hydrogen) atoms. The Bertz CT molecular complexity index is 594. The second-order valence-electron chi connectivity index (χ2n) is 4.17. The van der Waals surface area contributed by atoms with Crippen molar-refractivity contribution >= 4 is 17.6 Å². The van der Waals surface area contributed by atoms with E-state index in [1.807, 2.05) is 6.07 Å². The van der Waals surface area contributed by atoms with Crippen molar-refractivity contribution in [1.29, 1.82) is 0 Å². The highest BCUT2D eigenvalue weighted by Gasteiger charge is 2.03. The molecule has 2 aromatic rings. The number of rotatable bonds is 5. The van der Waals surface area contributed by atoms with Crippen LogP contribution in [0.4, 0.5) is 5.82 Å². The first kappa shape index (κ1) is 13.6. The van der Waals surface area contributed by atoms with Crippen LogP contribution >= 0.6 is 11.8 Å². The molecule has 0 aliphatic heterocycles. The lowest BCUT2D eigenvalue weighted by Gasteiger charge is -2.03. The molecule has 6 heteroatoms. The van der Waals surface area contributed by atoms with Crippen LogP contribution in [0.1, 0.15) is 24.6 Å². The van der Waals surface area contributed by atoms with Gasteiger partial charge in [0.25, 0.3) is 5.56 Å². The van der Waals surface area contributed by atoms with Gasteiger partial charge in [0.05, 0.1) is 0 Å². The number of aromatic nitrogens is 3. The van der Waals surface area contributed by atoms with Crippen molar-refractivity contribution in [3.05, 3.63) is 46.0 Å². The molecule has 100 valence electrons. The van der Waals surface area contributed by atoms with Gasteiger partial charge in [-0.1, -0.05) is 31.2 Å². The van der Waals surface area contributed by atoms with Gasteiger partial charge >= 0.3 is 0 Å². The number of pyridine rings is 1. The second kappa shape index (κ2) is 6.38. The van der Waals surface area contributed by atoms with Crippen molar-refractivity contribution in [3.63, 3.8) is 0 Å². The Hall–Kier alpha value is -1.82. The minimum Gasteiger partial charge on any atom is -0.384 e. The highest BCUT2D eigenvalue weighted by atomic mass is 32.2. The summed E-state index contributed by atoms with van der Waals surface area (Å²) < 4.78 is 0. The van der Waals surface area contributed by atoms with Crippen molar-refractivity contribution in [2.24, 2.45) is 0 Å². The standard InChI is InChI=1S/C13H16N4OS/c1-2-3-10-6-12(18)17-13(16-10)19-8-9-4-5-11(14)15-7-9/h4-7H,2-3,8H2,1H3,(H2,14,15)(H,16,17,18). The summed E-state index contributed by atoms with van der Waals surface area (Å²) in [6.45, 7) is 2.07. The number of aryl methyl sites for hydroxylation is 1. The number of H-pyrrole nitrogens is 1. The van der Waals surface area contributed by atoms with Crippen molar-refractivity contribution < 1.29 is 0 Å². The fourth-order valence-corrected chi connectivity index (χ4v) is 2.44. The SMILES string of the molecule is CCCc1cc(=O)[nH]c(SCc2ccc(N)nc2)n1. The molecule has 0 spiro atoms. The average molecular weight is 276 g/mol. The molecular formula is C13H16N4OS. The number of aromatic amines is 1. The molecule has 2 aromatic heterocycles. The number of nitrogens with two attached hydrogens (primary N) is 1. The molecule has 5 nitrogen and oxygen atoms in total. The first-order valence-corrected chi connectivity index (χ1v) is 7.09. The van der Waals surface area contributed by atoms with E-state index in [0.717, 1.165) is 24.1 Å². The highest BCUT2D eigenvalue weighted by Crippen LogP contribution is 2.18. The van der Waals surface area contributed by atoms with E-state index in [2.05, 4.69) is 21.9 Å². The average Bonchev–Trinajstić information content (AvgIpc) is 2.38. The van der Waals surface area contributed by atoms with Gasteiger partial charge in [-0.2, -0.15) is 0 Å². The summed E-state index contributed by atoms with van der Waals surface area (Å²) in [4.78, 5) is 22.7. The fraction of sp³-hybridized carbons (Fsp3) is 0.308. The topological polar surface area (TPSA) is 84.7 Å². The number of nitrogens with zero attached hydrogens (tertiary/aromatic N) is 2. The third-order valence-electron chi connectivity index (χ3n) is 2.50. The molecule has 0 saturated heterocycles. The predicted molar refractivity (Wildman–Crippen MR) is 77.1 cm³/mol. The van der Waals surface area contributed by atoms with Crippen LogP contribution in [-0.4, -0.2) is 15.0 Å². The molecule has 2 heterocycles. The van der Waals surface area contributed by atoms with Gasteiger partial charge in [-0.05, 0) is 18.1 Å². The lowest BCUT2D eigenvalue weighted by molar-refractivity contribution is 0.816. The molecule has 0 unspecified atom stereocenters. The zero-order valence-electron chi connectivity index (χ0n) is 10.7. The van der Waals surface area contributed by atoms with E-state index in [-0.39, 0.29) is 5.56 Å². The first-order chi connectivity index (χ1) is 9.17. The number of anilines is 1. The Morgan fingerprint density at radius 3 is 2.95 bits per heavy atom. The van der Waals surface area contributed by atoms with Gasteiger partial charge in [0, 0.05) is 23.7 Å². The number of nitrogen functional groups attached to an aromatic ring is 1. The third-order valence-corrected chi connectivity index (χ3v) is 3.45. The van der Waals surface area contributed by atoms with Gasteiger partial charge in [-0.15, -0.1) is 0 Å². The van der Waals surface area contributed by atoms with Gasteiger partial charge in [0.15, 0.2) is 5.16 Å². The van der Waals surface area contributed by atoms with Crippen LogP contribution in [0.2, 0.25) is 0 Å². The van der Waals surface area contributed by atoms with Crippen LogP contribution in [0.3, 0.4) is 0 Å². The van der Waals surface area contributed by atoms with Crippen LogP contribution < -0.4 is 11.3 Å². The van der Waals surface area contributed by atoms with E-state index < -0.39 is 0 Å². The maximum atomic E-state index is 11.5. The van der Waals surface area contributed by atoms with Crippen molar-refractivity contribution in [2.45, 2.75) is 30.7 Å². The van der Waals surface area contributed by atoms with E-state index in [9.17, 15) is 4.79 Å². The number of hydrogen-bond acceptors (Lipinski definition) is 5. The summed E-state index contributed by atoms with van der Waals surface area (Å²) in [5, 5.41) is 0.646. The first-order valence-electron chi connectivity index (χ1n) is 6.11. The largest absolute Gasteiger partial charge is 0.384 e. The monoisotopic (exact) mass is 276 g/mol. The molecule has 3 N–H and O–H groups in total. The van der Waals surface area contributed by atoms with Crippen LogP contribution in [0.25, 0.3) is 0 Å². The molecule has 0 bridgehead atoms. The quantitative estimate of drug-likeness (QED) is 0.644. The molecule has 0 fully saturated rings. The summed E-state index contributed by atoms with van der Waals surface area (Å²) in [7, 11) is 0. The Balaban J connectivity index is 2.06. The number of nitrogens with one attached hydrogen (secondary N) is 1. The van der Waals surface area contributed by atoms with E-state index in [1.54, 1.807) is 18.3 Å². The van der Waals surface area contributed by atoms with Crippen molar-refractivity contribution in [2.75, 3.05) is 5.73 Å². The maximum absolute atomic E-state index is 11.5. The summed E-state index contributed by atoms with van der Waals surface area (Å²) in [6, 6.07) is 5.24.